The van der Waals surface area contributed by atoms with Crippen molar-refractivity contribution in [2.24, 2.45) is 0 Å². The number of benzene rings is 2. The van der Waals surface area contributed by atoms with Crippen molar-refractivity contribution in [1.82, 2.24) is 24.6 Å². The van der Waals surface area contributed by atoms with E-state index in [9.17, 15) is 4.79 Å². The molecule has 0 radical (unpaired) electrons. The maximum Gasteiger partial charge on any atom is 0.257 e. The summed E-state index contributed by atoms with van der Waals surface area (Å²) in [4.78, 5) is 25.5. The molecule has 152 valence electrons. The van der Waals surface area contributed by atoms with Crippen molar-refractivity contribution in [2.75, 3.05) is 31.1 Å². The topological polar surface area (TPSA) is 70.1 Å². The minimum Gasteiger partial charge on any atom is -0.341 e. The zero-order chi connectivity index (χ0) is 20.5. The summed E-state index contributed by atoms with van der Waals surface area (Å²) in [7, 11) is 0. The molecule has 1 fully saturated rings. The highest BCUT2D eigenvalue weighted by Crippen LogP contribution is 2.20. The summed E-state index contributed by atoms with van der Waals surface area (Å²) in [5, 5.41) is 4.55. The van der Waals surface area contributed by atoms with Crippen LogP contribution in [0.15, 0.2) is 60.8 Å². The first kappa shape index (κ1) is 18.4. The lowest BCUT2D eigenvalue weighted by Crippen LogP contribution is -2.35. The smallest absolute Gasteiger partial charge is 0.257 e. The molecule has 1 amide bonds. The molecule has 30 heavy (non-hydrogen) atoms. The van der Waals surface area contributed by atoms with Gasteiger partial charge >= 0.3 is 0 Å². The van der Waals surface area contributed by atoms with Crippen molar-refractivity contribution in [3.05, 3.63) is 72.1 Å². The number of amides is 1. The molecule has 1 aliphatic rings. The molecular weight excluding hydrogens is 376 g/mol. The Morgan fingerprint density at radius 1 is 0.967 bits per heavy atom. The van der Waals surface area contributed by atoms with Crippen LogP contribution >= 0.6 is 0 Å². The van der Waals surface area contributed by atoms with Gasteiger partial charge in [0.1, 0.15) is 0 Å². The fourth-order valence-corrected chi connectivity index (χ4v) is 3.97. The number of nitrogens with zero attached hydrogens (tertiary/aromatic N) is 5. The van der Waals surface area contributed by atoms with E-state index in [0.29, 0.717) is 12.1 Å². The predicted octanol–water partition coefficient (Wildman–Crippen LogP) is 3.41. The molecule has 1 saturated heterocycles. The summed E-state index contributed by atoms with van der Waals surface area (Å²) in [5.41, 5.74) is 4.37. The normalized spacial score (nSPS) is 14.8. The zero-order valence-corrected chi connectivity index (χ0v) is 17.0. The molecular formula is C23H24N6O. The highest BCUT2D eigenvalue weighted by atomic mass is 16.2. The van der Waals surface area contributed by atoms with Crippen LogP contribution in [-0.2, 0) is 0 Å². The number of nitrogens with one attached hydrogen (secondary N) is 1. The number of carbonyl (C=O) groups excluding carboxylic acids is 1. The summed E-state index contributed by atoms with van der Waals surface area (Å²) >= 11 is 0. The molecule has 7 heteroatoms. The number of aromatic amines is 1. The van der Waals surface area contributed by atoms with Gasteiger partial charge in [-0.05, 0) is 37.6 Å². The van der Waals surface area contributed by atoms with Crippen LogP contribution in [0.5, 0.6) is 0 Å². The molecule has 1 aliphatic heterocycles. The van der Waals surface area contributed by atoms with Crippen LogP contribution in [0.25, 0.3) is 16.7 Å². The van der Waals surface area contributed by atoms with Crippen LogP contribution in [0.3, 0.4) is 0 Å². The third-order valence-electron chi connectivity index (χ3n) is 5.61. The molecule has 2 aromatic carbocycles. The Hall–Kier alpha value is -3.61. The first-order valence-electron chi connectivity index (χ1n) is 10.3. The monoisotopic (exact) mass is 400 g/mol. The second-order valence-corrected chi connectivity index (χ2v) is 7.62. The van der Waals surface area contributed by atoms with Gasteiger partial charge in [-0.1, -0.05) is 30.3 Å². The maximum atomic E-state index is 13.2. The number of rotatable bonds is 3. The highest BCUT2D eigenvalue weighted by Gasteiger charge is 2.24. The fraction of sp³-hybridized carbons (Fsp3) is 0.261. The number of hydrogen-bond donors (Lipinski definition) is 1. The molecule has 3 heterocycles. The number of para-hydroxylation sites is 3. The van der Waals surface area contributed by atoms with Gasteiger partial charge < -0.3 is 14.8 Å². The molecule has 4 aromatic rings. The third-order valence-corrected chi connectivity index (χ3v) is 5.61. The molecule has 0 saturated carbocycles. The van der Waals surface area contributed by atoms with Crippen molar-refractivity contribution >= 4 is 22.9 Å². The van der Waals surface area contributed by atoms with E-state index in [1.807, 2.05) is 72.6 Å². The van der Waals surface area contributed by atoms with Crippen LogP contribution < -0.4 is 4.90 Å². The van der Waals surface area contributed by atoms with Crippen LogP contribution in [0.1, 0.15) is 22.5 Å². The van der Waals surface area contributed by atoms with Crippen LogP contribution in [0.2, 0.25) is 0 Å². The average molecular weight is 400 g/mol. The summed E-state index contributed by atoms with van der Waals surface area (Å²) in [5.74, 6) is 0.916. The SMILES string of the molecule is Cc1nn(-c2ccccc2)cc1C(=O)N1CCCN(c2nc3ccccc3[nH]2)CC1. The van der Waals surface area contributed by atoms with Gasteiger partial charge in [-0.2, -0.15) is 5.10 Å². The van der Waals surface area contributed by atoms with E-state index >= 15 is 0 Å². The first-order valence-corrected chi connectivity index (χ1v) is 10.3. The Balaban J connectivity index is 1.32. The van der Waals surface area contributed by atoms with Gasteiger partial charge in [-0.15, -0.1) is 0 Å². The van der Waals surface area contributed by atoms with Crippen LogP contribution in [-0.4, -0.2) is 56.7 Å². The van der Waals surface area contributed by atoms with E-state index in [0.717, 1.165) is 54.4 Å². The molecule has 0 bridgehead atoms. The quantitative estimate of drug-likeness (QED) is 0.572. The maximum absolute atomic E-state index is 13.2. The molecule has 2 aromatic heterocycles. The van der Waals surface area contributed by atoms with Crippen LogP contribution in [0, 0.1) is 6.92 Å². The molecule has 5 rings (SSSR count). The van der Waals surface area contributed by atoms with E-state index in [2.05, 4.69) is 15.0 Å². The third kappa shape index (κ3) is 3.43. The first-order chi connectivity index (χ1) is 14.7. The summed E-state index contributed by atoms with van der Waals surface area (Å²) in [6, 6.07) is 17.9. The Bertz CT molecular complexity index is 1150. The Morgan fingerprint density at radius 2 is 1.77 bits per heavy atom. The van der Waals surface area contributed by atoms with E-state index in [1.165, 1.54) is 0 Å². The Labute approximate surface area is 174 Å². The minimum atomic E-state index is 0.0427. The number of imidazole rings is 1. The summed E-state index contributed by atoms with van der Waals surface area (Å²) < 4.78 is 1.78. The number of aromatic nitrogens is 4. The highest BCUT2D eigenvalue weighted by molar-refractivity contribution is 5.95. The van der Waals surface area contributed by atoms with Crippen molar-refractivity contribution in [1.29, 1.82) is 0 Å². The van der Waals surface area contributed by atoms with Gasteiger partial charge in [-0.3, -0.25) is 4.79 Å². The lowest BCUT2D eigenvalue weighted by atomic mass is 10.2. The molecule has 0 unspecified atom stereocenters. The second-order valence-electron chi connectivity index (χ2n) is 7.62. The van der Waals surface area contributed by atoms with Gasteiger partial charge in [-0.25, -0.2) is 9.67 Å². The lowest BCUT2D eigenvalue weighted by molar-refractivity contribution is 0.0766. The number of H-pyrrole nitrogens is 1. The van der Waals surface area contributed by atoms with E-state index < -0.39 is 0 Å². The summed E-state index contributed by atoms with van der Waals surface area (Å²) in [6.45, 7) is 4.89. The zero-order valence-electron chi connectivity index (χ0n) is 17.0. The van der Waals surface area contributed by atoms with Crippen molar-refractivity contribution in [3.8, 4) is 5.69 Å². The number of aryl methyl sites for hydroxylation is 1. The number of hydrogen-bond acceptors (Lipinski definition) is 4. The van der Waals surface area contributed by atoms with Crippen molar-refractivity contribution in [2.45, 2.75) is 13.3 Å². The average Bonchev–Trinajstić information content (AvgIpc) is 3.29. The Morgan fingerprint density at radius 3 is 2.60 bits per heavy atom. The minimum absolute atomic E-state index is 0.0427. The lowest BCUT2D eigenvalue weighted by Gasteiger charge is -2.21. The molecule has 0 aliphatic carbocycles. The number of fused-ring (bicyclic) bond motifs is 1. The fourth-order valence-electron chi connectivity index (χ4n) is 3.97. The van der Waals surface area contributed by atoms with E-state index in [4.69, 9.17) is 4.98 Å². The molecule has 7 nitrogen and oxygen atoms in total. The number of carbonyl (C=O) groups is 1. The van der Waals surface area contributed by atoms with E-state index in [-0.39, 0.29) is 5.91 Å². The van der Waals surface area contributed by atoms with Crippen molar-refractivity contribution < 1.29 is 4.79 Å². The van der Waals surface area contributed by atoms with E-state index in [1.54, 1.807) is 4.68 Å². The Kier molecular flexibility index (Phi) is 4.71. The standard InChI is InChI=1S/C23H24N6O/c1-17-19(16-29(26-17)18-8-3-2-4-9-18)22(30)27-12-7-13-28(15-14-27)23-24-20-10-5-6-11-21(20)25-23/h2-6,8-11,16H,7,12-15H2,1H3,(H,24,25). The van der Waals surface area contributed by atoms with Gasteiger partial charge in [0.05, 0.1) is 28.0 Å². The number of anilines is 1. The van der Waals surface area contributed by atoms with Gasteiger partial charge in [0, 0.05) is 32.4 Å². The van der Waals surface area contributed by atoms with Gasteiger partial charge in [0.15, 0.2) is 0 Å². The van der Waals surface area contributed by atoms with Crippen LogP contribution in [0.4, 0.5) is 5.95 Å². The second kappa shape index (κ2) is 7.67. The molecule has 1 N–H and O–H groups in total. The van der Waals surface area contributed by atoms with Crippen molar-refractivity contribution in [3.63, 3.8) is 0 Å². The largest absolute Gasteiger partial charge is 0.341 e. The predicted molar refractivity (Wildman–Crippen MR) is 117 cm³/mol. The van der Waals surface area contributed by atoms with Gasteiger partial charge in [0.25, 0.3) is 5.91 Å². The molecule has 0 atom stereocenters. The van der Waals surface area contributed by atoms with Gasteiger partial charge in [0.2, 0.25) is 5.95 Å². The summed E-state index contributed by atoms with van der Waals surface area (Å²) in [6.07, 6.45) is 2.74. The molecule has 0 spiro atoms.